The molecule has 0 aliphatic carbocycles. The van der Waals surface area contributed by atoms with Gasteiger partial charge in [-0.1, -0.05) is 11.6 Å². The van der Waals surface area contributed by atoms with Crippen LogP contribution in [-0.4, -0.2) is 48.7 Å². The lowest BCUT2D eigenvalue weighted by atomic mass is 9.73. The van der Waals surface area contributed by atoms with Crippen molar-refractivity contribution in [2.24, 2.45) is 11.8 Å². The third-order valence-electron chi connectivity index (χ3n) is 6.41. The van der Waals surface area contributed by atoms with Crippen molar-refractivity contribution in [1.82, 2.24) is 10.2 Å². The van der Waals surface area contributed by atoms with Crippen LogP contribution in [0.3, 0.4) is 0 Å². The molecule has 1 aromatic rings. The summed E-state index contributed by atoms with van der Waals surface area (Å²) < 4.78 is 20.0. The van der Waals surface area contributed by atoms with Gasteiger partial charge in [0.2, 0.25) is 0 Å². The molecule has 0 aromatic heterocycles. The Bertz CT molecular complexity index is 753. The molecule has 1 spiro atoms. The van der Waals surface area contributed by atoms with Crippen LogP contribution >= 0.6 is 0 Å². The first-order valence-electron chi connectivity index (χ1n) is 9.95. The van der Waals surface area contributed by atoms with Crippen molar-refractivity contribution in [1.29, 1.82) is 0 Å². The van der Waals surface area contributed by atoms with Crippen molar-refractivity contribution in [3.05, 3.63) is 46.8 Å². The molecule has 3 heterocycles. The van der Waals surface area contributed by atoms with Crippen LogP contribution in [0.5, 0.6) is 0 Å². The highest BCUT2D eigenvalue weighted by Gasteiger charge is 2.62. The zero-order valence-electron chi connectivity index (χ0n) is 16.4. The van der Waals surface area contributed by atoms with E-state index < -0.39 is 0 Å². The van der Waals surface area contributed by atoms with Gasteiger partial charge in [-0.2, -0.15) is 0 Å². The van der Waals surface area contributed by atoms with E-state index in [4.69, 9.17) is 4.74 Å². The summed E-state index contributed by atoms with van der Waals surface area (Å²) in [6.45, 7) is 9.64. The number of amides is 1. The second-order valence-electron chi connectivity index (χ2n) is 8.73. The molecule has 0 saturated carbocycles. The van der Waals surface area contributed by atoms with Crippen LogP contribution in [0.15, 0.2) is 29.8 Å². The van der Waals surface area contributed by atoms with Crippen molar-refractivity contribution in [3.63, 3.8) is 0 Å². The monoisotopic (exact) mass is 372 g/mol. The number of nitrogens with zero attached hydrogens (tertiary/aromatic N) is 1. The molecule has 3 aliphatic heterocycles. The number of halogens is 1. The maximum Gasteiger partial charge on any atom is 0.251 e. The molecule has 3 saturated heterocycles. The van der Waals surface area contributed by atoms with E-state index in [2.05, 4.69) is 30.1 Å². The van der Waals surface area contributed by atoms with Gasteiger partial charge in [0.1, 0.15) is 5.82 Å². The van der Waals surface area contributed by atoms with Crippen molar-refractivity contribution < 1.29 is 13.9 Å². The lowest BCUT2D eigenvalue weighted by molar-refractivity contribution is 0.00363. The van der Waals surface area contributed by atoms with Gasteiger partial charge in [-0.25, -0.2) is 4.39 Å². The molecule has 1 amide bonds. The van der Waals surface area contributed by atoms with Gasteiger partial charge in [-0.3, -0.25) is 9.69 Å². The Hall–Kier alpha value is -1.72. The summed E-state index contributed by atoms with van der Waals surface area (Å²) in [7, 11) is 0. The fourth-order valence-corrected chi connectivity index (χ4v) is 5.19. The first kappa shape index (κ1) is 18.6. The van der Waals surface area contributed by atoms with Crippen molar-refractivity contribution in [2.75, 3.05) is 26.2 Å². The summed E-state index contributed by atoms with van der Waals surface area (Å²) in [4.78, 5) is 15.0. The quantitative estimate of drug-likeness (QED) is 0.807. The standard InChI is InChI=1S/C22H29FN2O2/c1-14(2)5-7-25-12-19-18(20-4-6-22(19,13-25)27-20)11-24-21(26)16-8-15(3)9-17(23)10-16/h5,8-10,18-20H,4,6-7,11-13H2,1-3H3,(H,24,26)/t18-,19+,20+,22+/m0/s1. The van der Waals surface area contributed by atoms with E-state index in [9.17, 15) is 9.18 Å². The van der Waals surface area contributed by atoms with E-state index in [1.165, 1.54) is 17.7 Å². The first-order valence-corrected chi connectivity index (χ1v) is 9.95. The molecule has 27 heavy (non-hydrogen) atoms. The van der Waals surface area contributed by atoms with E-state index in [1.807, 2.05) is 0 Å². The van der Waals surface area contributed by atoms with Crippen molar-refractivity contribution in [3.8, 4) is 0 Å². The average Bonchev–Trinajstić information content (AvgIpc) is 3.25. The number of aryl methyl sites for hydroxylation is 1. The normalized spacial score (nSPS) is 31.8. The highest BCUT2D eigenvalue weighted by Crippen LogP contribution is 2.54. The third kappa shape index (κ3) is 3.55. The fourth-order valence-electron chi connectivity index (χ4n) is 5.19. The first-order chi connectivity index (χ1) is 12.9. The topological polar surface area (TPSA) is 41.6 Å². The summed E-state index contributed by atoms with van der Waals surface area (Å²) in [5.41, 5.74) is 2.46. The van der Waals surface area contributed by atoms with E-state index in [1.54, 1.807) is 13.0 Å². The van der Waals surface area contributed by atoms with E-state index in [0.29, 0.717) is 23.9 Å². The van der Waals surface area contributed by atoms with Gasteiger partial charge < -0.3 is 10.1 Å². The molecule has 3 aliphatic rings. The fraction of sp³-hybridized carbons (Fsp3) is 0.591. The molecule has 3 fully saturated rings. The van der Waals surface area contributed by atoms with Crippen LogP contribution < -0.4 is 5.32 Å². The largest absolute Gasteiger partial charge is 0.370 e. The van der Waals surface area contributed by atoms with Crippen molar-refractivity contribution in [2.45, 2.75) is 45.3 Å². The van der Waals surface area contributed by atoms with Crippen LogP contribution in [-0.2, 0) is 4.74 Å². The highest BCUT2D eigenvalue weighted by atomic mass is 19.1. The van der Waals surface area contributed by atoms with E-state index >= 15 is 0 Å². The van der Waals surface area contributed by atoms with E-state index in [-0.39, 0.29) is 23.4 Å². The Morgan fingerprint density at radius 1 is 1.41 bits per heavy atom. The van der Waals surface area contributed by atoms with Gasteiger partial charge in [-0.15, -0.1) is 0 Å². The van der Waals surface area contributed by atoms with Crippen LogP contribution in [0.25, 0.3) is 0 Å². The number of allylic oxidation sites excluding steroid dienone is 1. The third-order valence-corrected chi connectivity index (χ3v) is 6.41. The van der Waals surface area contributed by atoms with Gasteiger partial charge in [-0.05, 0) is 57.4 Å². The number of hydrogen-bond acceptors (Lipinski definition) is 3. The summed E-state index contributed by atoms with van der Waals surface area (Å²) >= 11 is 0. The minimum absolute atomic E-state index is 0.0228. The molecular weight excluding hydrogens is 343 g/mol. The Labute approximate surface area is 160 Å². The molecule has 4 atom stereocenters. The van der Waals surface area contributed by atoms with Gasteiger partial charge in [0.25, 0.3) is 5.91 Å². The lowest BCUT2D eigenvalue weighted by Gasteiger charge is -2.29. The Kier molecular flexibility index (Phi) is 4.85. The second kappa shape index (κ2) is 7.02. The number of carbonyl (C=O) groups excluding carboxylic acids is 1. The van der Waals surface area contributed by atoms with Gasteiger partial charge in [0.15, 0.2) is 0 Å². The second-order valence-corrected chi connectivity index (χ2v) is 8.73. The Morgan fingerprint density at radius 2 is 2.22 bits per heavy atom. The molecular formula is C22H29FN2O2. The van der Waals surface area contributed by atoms with Crippen LogP contribution in [0, 0.1) is 24.6 Å². The number of ether oxygens (including phenoxy) is 1. The number of hydrogen-bond donors (Lipinski definition) is 1. The minimum atomic E-state index is -0.368. The number of carbonyl (C=O) groups is 1. The average molecular weight is 372 g/mol. The molecule has 1 aromatic carbocycles. The molecule has 146 valence electrons. The molecule has 0 radical (unpaired) electrons. The maximum absolute atomic E-state index is 13.6. The zero-order valence-corrected chi connectivity index (χ0v) is 16.4. The Balaban J connectivity index is 1.41. The number of fused-ring (bicyclic) bond motifs is 1. The van der Waals surface area contributed by atoms with Crippen LogP contribution in [0.4, 0.5) is 4.39 Å². The minimum Gasteiger partial charge on any atom is -0.370 e. The molecule has 5 heteroatoms. The Morgan fingerprint density at radius 3 is 2.96 bits per heavy atom. The van der Waals surface area contributed by atoms with Gasteiger partial charge in [0, 0.05) is 43.6 Å². The molecule has 1 N–H and O–H groups in total. The molecule has 2 bridgehead atoms. The number of nitrogens with one attached hydrogen (secondary N) is 1. The number of likely N-dealkylation sites (tertiary alicyclic amines) is 1. The van der Waals surface area contributed by atoms with Gasteiger partial charge in [0.05, 0.1) is 11.7 Å². The number of rotatable bonds is 5. The van der Waals surface area contributed by atoms with Crippen LogP contribution in [0.1, 0.15) is 42.6 Å². The number of benzene rings is 1. The van der Waals surface area contributed by atoms with Crippen molar-refractivity contribution >= 4 is 5.91 Å². The summed E-state index contributed by atoms with van der Waals surface area (Å²) in [6, 6.07) is 4.47. The highest BCUT2D eigenvalue weighted by molar-refractivity contribution is 5.94. The maximum atomic E-state index is 13.6. The zero-order chi connectivity index (χ0) is 19.2. The lowest BCUT2D eigenvalue weighted by Crippen LogP contribution is -2.41. The van der Waals surface area contributed by atoms with Gasteiger partial charge >= 0.3 is 0 Å². The molecule has 4 rings (SSSR count). The summed E-state index contributed by atoms with van der Waals surface area (Å²) in [6.07, 6.45) is 4.72. The predicted molar refractivity (Wildman–Crippen MR) is 103 cm³/mol. The summed E-state index contributed by atoms with van der Waals surface area (Å²) in [5, 5.41) is 3.04. The SMILES string of the molecule is CC(C)=CCN1C[C@@H]2[C@H](CNC(=O)c3cc(C)cc(F)c3)[C@H]3CC[C@]2(C1)O3. The summed E-state index contributed by atoms with van der Waals surface area (Å²) in [5.74, 6) is 0.243. The predicted octanol–water partition coefficient (Wildman–Crippen LogP) is 3.31. The molecule has 4 nitrogen and oxygen atoms in total. The molecule has 0 unspecified atom stereocenters. The van der Waals surface area contributed by atoms with E-state index in [0.717, 1.165) is 38.0 Å². The smallest absolute Gasteiger partial charge is 0.251 e. The van der Waals surface area contributed by atoms with Crippen LogP contribution in [0.2, 0.25) is 0 Å².